The smallest absolute Gasteiger partial charge is 0.382 e. The predicted molar refractivity (Wildman–Crippen MR) is 55.2 cm³/mol. The van der Waals surface area contributed by atoms with Crippen LogP contribution >= 0.6 is 0 Å². The zero-order chi connectivity index (χ0) is 13.8. The fourth-order valence-corrected chi connectivity index (χ4v) is 1.31. The zero-order valence-corrected chi connectivity index (χ0v) is 9.22. The summed E-state index contributed by atoms with van der Waals surface area (Å²) >= 11 is 0. The van der Waals surface area contributed by atoms with Crippen molar-refractivity contribution in [3.8, 4) is 0 Å². The molecule has 0 amide bonds. The number of rotatable bonds is 5. The summed E-state index contributed by atoms with van der Waals surface area (Å²) in [5.41, 5.74) is 0.243. The first-order valence-electron chi connectivity index (χ1n) is 5.13. The average Bonchev–Trinajstić information content (AvgIpc) is 2.28. The highest BCUT2D eigenvalue weighted by molar-refractivity contribution is 5.24. The van der Waals surface area contributed by atoms with Crippen molar-refractivity contribution in [1.29, 1.82) is 0 Å². The standard InChI is InChI=1S/C11H12F5NO/c12-10(13)8-3-1-2-7(4-8)5-17-6-9(18)11(14,15)16/h1-4,9-10,17-18H,5-6H2. The second-order valence-electron chi connectivity index (χ2n) is 3.73. The van der Waals surface area contributed by atoms with Gasteiger partial charge in [0, 0.05) is 18.7 Å². The van der Waals surface area contributed by atoms with E-state index in [1.807, 2.05) is 0 Å². The van der Waals surface area contributed by atoms with Crippen LogP contribution in [0.15, 0.2) is 24.3 Å². The molecule has 18 heavy (non-hydrogen) atoms. The SMILES string of the molecule is OC(CNCc1cccc(C(F)F)c1)C(F)(F)F. The molecule has 0 aromatic heterocycles. The van der Waals surface area contributed by atoms with Gasteiger partial charge in [0.05, 0.1) is 0 Å². The zero-order valence-electron chi connectivity index (χ0n) is 9.22. The molecule has 0 heterocycles. The van der Waals surface area contributed by atoms with Crippen LogP contribution in [-0.2, 0) is 6.54 Å². The highest BCUT2D eigenvalue weighted by Gasteiger charge is 2.37. The summed E-state index contributed by atoms with van der Waals surface area (Å²) in [6.45, 7) is -0.698. The third-order valence-electron chi connectivity index (χ3n) is 2.25. The Labute approximate surface area is 100 Å². The van der Waals surface area contributed by atoms with Gasteiger partial charge in [-0.15, -0.1) is 0 Å². The summed E-state index contributed by atoms with van der Waals surface area (Å²) in [6, 6.07) is 5.36. The van der Waals surface area contributed by atoms with E-state index < -0.39 is 25.3 Å². The molecule has 0 saturated carbocycles. The molecule has 0 saturated heterocycles. The van der Waals surface area contributed by atoms with Crippen LogP contribution < -0.4 is 5.32 Å². The fourth-order valence-electron chi connectivity index (χ4n) is 1.31. The van der Waals surface area contributed by atoms with Crippen molar-refractivity contribution < 1.29 is 27.1 Å². The monoisotopic (exact) mass is 269 g/mol. The summed E-state index contributed by atoms with van der Waals surface area (Å²) < 4.78 is 60.6. The third-order valence-corrected chi connectivity index (χ3v) is 2.25. The molecule has 0 fully saturated rings. The maximum absolute atomic E-state index is 12.3. The van der Waals surface area contributed by atoms with Crippen molar-refractivity contribution >= 4 is 0 Å². The first-order chi connectivity index (χ1) is 8.30. The quantitative estimate of drug-likeness (QED) is 0.805. The number of alkyl halides is 5. The molecule has 2 nitrogen and oxygen atoms in total. The number of aliphatic hydroxyl groups is 1. The lowest BCUT2D eigenvalue weighted by atomic mass is 10.1. The second-order valence-corrected chi connectivity index (χ2v) is 3.73. The largest absolute Gasteiger partial charge is 0.415 e. The van der Waals surface area contributed by atoms with E-state index in [1.54, 1.807) is 0 Å². The highest BCUT2D eigenvalue weighted by Crippen LogP contribution is 2.20. The number of hydrogen-bond acceptors (Lipinski definition) is 2. The summed E-state index contributed by atoms with van der Waals surface area (Å²) in [6.07, 6.45) is -9.76. The van der Waals surface area contributed by atoms with E-state index in [2.05, 4.69) is 5.32 Å². The summed E-state index contributed by atoms with van der Waals surface area (Å²) in [5, 5.41) is 11.1. The molecular formula is C11H12F5NO. The van der Waals surface area contributed by atoms with Gasteiger partial charge in [-0.2, -0.15) is 13.2 Å². The molecule has 1 rings (SSSR count). The van der Waals surface area contributed by atoms with Gasteiger partial charge in [-0.05, 0) is 11.6 Å². The topological polar surface area (TPSA) is 32.3 Å². The van der Waals surface area contributed by atoms with E-state index in [-0.39, 0.29) is 12.1 Å². The average molecular weight is 269 g/mol. The highest BCUT2D eigenvalue weighted by atomic mass is 19.4. The van der Waals surface area contributed by atoms with Gasteiger partial charge in [0.15, 0.2) is 6.10 Å². The molecule has 0 radical (unpaired) electrons. The van der Waals surface area contributed by atoms with Gasteiger partial charge in [-0.25, -0.2) is 8.78 Å². The third kappa shape index (κ3) is 4.58. The number of nitrogens with one attached hydrogen (secondary N) is 1. The minimum atomic E-state index is -4.68. The lowest BCUT2D eigenvalue weighted by molar-refractivity contribution is -0.201. The Morgan fingerprint density at radius 3 is 2.44 bits per heavy atom. The molecule has 0 aliphatic heterocycles. The van der Waals surface area contributed by atoms with Crippen molar-refractivity contribution in [2.24, 2.45) is 0 Å². The predicted octanol–water partition coefficient (Wildman–Crippen LogP) is 2.64. The van der Waals surface area contributed by atoms with Gasteiger partial charge in [0.25, 0.3) is 6.43 Å². The van der Waals surface area contributed by atoms with E-state index in [0.717, 1.165) is 0 Å². The first kappa shape index (κ1) is 14.8. The summed E-state index contributed by atoms with van der Waals surface area (Å²) in [5.74, 6) is 0. The molecular weight excluding hydrogens is 257 g/mol. The van der Waals surface area contributed by atoms with E-state index >= 15 is 0 Å². The van der Waals surface area contributed by atoms with Gasteiger partial charge >= 0.3 is 6.18 Å². The molecule has 1 aromatic carbocycles. The molecule has 1 atom stereocenters. The molecule has 0 aliphatic carbocycles. The Balaban J connectivity index is 2.47. The second kappa shape index (κ2) is 6.10. The minimum absolute atomic E-state index is 0.0201. The Bertz CT molecular complexity index is 380. The van der Waals surface area contributed by atoms with E-state index in [9.17, 15) is 22.0 Å². The maximum atomic E-state index is 12.3. The lowest BCUT2D eigenvalue weighted by Crippen LogP contribution is -2.38. The van der Waals surface area contributed by atoms with Crippen LogP contribution in [0.3, 0.4) is 0 Å². The van der Waals surface area contributed by atoms with Crippen molar-refractivity contribution in [3.05, 3.63) is 35.4 Å². The molecule has 102 valence electrons. The van der Waals surface area contributed by atoms with Crippen LogP contribution in [0.4, 0.5) is 22.0 Å². The fraction of sp³-hybridized carbons (Fsp3) is 0.455. The van der Waals surface area contributed by atoms with Crippen LogP contribution in [0, 0.1) is 0 Å². The van der Waals surface area contributed by atoms with Crippen molar-refractivity contribution in [1.82, 2.24) is 5.32 Å². The number of aliphatic hydroxyl groups excluding tert-OH is 1. The maximum Gasteiger partial charge on any atom is 0.415 e. The van der Waals surface area contributed by atoms with Gasteiger partial charge in [0.1, 0.15) is 0 Å². The Morgan fingerprint density at radius 1 is 1.22 bits per heavy atom. The van der Waals surface area contributed by atoms with Gasteiger partial charge in [-0.1, -0.05) is 18.2 Å². The van der Waals surface area contributed by atoms with Gasteiger partial charge < -0.3 is 10.4 Å². The van der Waals surface area contributed by atoms with Crippen LogP contribution in [0.1, 0.15) is 17.6 Å². The Morgan fingerprint density at radius 2 is 1.89 bits per heavy atom. The minimum Gasteiger partial charge on any atom is -0.382 e. The summed E-state index contributed by atoms with van der Waals surface area (Å²) in [4.78, 5) is 0. The molecule has 7 heteroatoms. The Hall–Kier alpha value is -1.21. The molecule has 1 aromatic rings. The number of benzene rings is 1. The lowest BCUT2D eigenvalue weighted by Gasteiger charge is -2.15. The van der Waals surface area contributed by atoms with Crippen LogP contribution in [-0.4, -0.2) is 23.9 Å². The van der Waals surface area contributed by atoms with Gasteiger partial charge in [-0.3, -0.25) is 0 Å². The molecule has 1 unspecified atom stereocenters. The molecule has 2 N–H and O–H groups in total. The van der Waals surface area contributed by atoms with E-state index in [4.69, 9.17) is 5.11 Å². The van der Waals surface area contributed by atoms with Crippen LogP contribution in [0.5, 0.6) is 0 Å². The first-order valence-corrected chi connectivity index (χ1v) is 5.13. The van der Waals surface area contributed by atoms with Crippen molar-refractivity contribution in [2.45, 2.75) is 25.3 Å². The molecule has 0 spiro atoms. The number of hydrogen-bond donors (Lipinski definition) is 2. The van der Waals surface area contributed by atoms with Crippen LogP contribution in [0.2, 0.25) is 0 Å². The van der Waals surface area contributed by atoms with Crippen LogP contribution in [0.25, 0.3) is 0 Å². The molecule has 0 bridgehead atoms. The van der Waals surface area contributed by atoms with Crippen molar-refractivity contribution in [2.75, 3.05) is 6.54 Å². The number of halogens is 5. The van der Waals surface area contributed by atoms with Crippen molar-refractivity contribution in [3.63, 3.8) is 0 Å². The molecule has 0 aliphatic rings. The van der Waals surface area contributed by atoms with Gasteiger partial charge in [0.2, 0.25) is 0 Å². The normalized spacial score (nSPS) is 13.9. The van der Waals surface area contributed by atoms with E-state index in [1.165, 1.54) is 24.3 Å². The summed E-state index contributed by atoms with van der Waals surface area (Å²) in [7, 11) is 0. The van der Waals surface area contributed by atoms with E-state index in [0.29, 0.717) is 5.56 Å². The Kier molecular flexibility index (Phi) is 5.03.